The van der Waals surface area contributed by atoms with Gasteiger partial charge in [-0.15, -0.1) is 0 Å². The highest BCUT2D eigenvalue weighted by Gasteiger charge is 2.10. The SMILES string of the molecule is CCCCc1cc(OC)c(C)cc1C(C)C. The molecule has 0 aliphatic heterocycles. The monoisotopic (exact) mass is 220 g/mol. The van der Waals surface area contributed by atoms with Crippen molar-refractivity contribution < 1.29 is 4.74 Å². The second-order valence-corrected chi connectivity index (χ2v) is 4.78. The van der Waals surface area contributed by atoms with E-state index in [1.165, 1.54) is 36.0 Å². The Morgan fingerprint density at radius 1 is 1.25 bits per heavy atom. The maximum atomic E-state index is 5.40. The summed E-state index contributed by atoms with van der Waals surface area (Å²) in [6.07, 6.45) is 3.67. The first-order valence-electron chi connectivity index (χ1n) is 6.27. The van der Waals surface area contributed by atoms with Gasteiger partial charge in [0.15, 0.2) is 0 Å². The van der Waals surface area contributed by atoms with Crippen LogP contribution in [0.3, 0.4) is 0 Å². The molecule has 1 aromatic carbocycles. The zero-order valence-corrected chi connectivity index (χ0v) is 11.3. The Labute approximate surface area is 99.8 Å². The van der Waals surface area contributed by atoms with Crippen molar-refractivity contribution in [3.63, 3.8) is 0 Å². The summed E-state index contributed by atoms with van der Waals surface area (Å²) in [5.41, 5.74) is 4.18. The Hall–Kier alpha value is -0.980. The van der Waals surface area contributed by atoms with Crippen LogP contribution in [-0.4, -0.2) is 7.11 Å². The van der Waals surface area contributed by atoms with Gasteiger partial charge in [0, 0.05) is 0 Å². The zero-order valence-electron chi connectivity index (χ0n) is 11.3. The molecule has 0 saturated carbocycles. The van der Waals surface area contributed by atoms with Crippen molar-refractivity contribution in [2.75, 3.05) is 7.11 Å². The van der Waals surface area contributed by atoms with Gasteiger partial charge in [-0.3, -0.25) is 0 Å². The van der Waals surface area contributed by atoms with Crippen molar-refractivity contribution >= 4 is 0 Å². The third-order valence-electron chi connectivity index (χ3n) is 3.08. The molecule has 0 amide bonds. The summed E-state index contributed by atoms with van der Waals surface area (Å²) < 4.78 is 5.40. The van der Waals surface area contributed by atoms with E-state index in [0.29, 0.717) is 5.92 Å². The van der Waals surface area contributed by atoms with Gasteiger partial charge in [-0.2, -0.15) is 0 Å². The Morgan fingerprint density at radius 2 is 1.94 bits per heavy atom. The Morgan fingerprint density at radius 3 is 2.44 bits per heavy atom. The highest BCUT2D eigenvalue weighted by atomic mass is 16.5. The van der Waals surface area contributed by atoms with Crippen LogP contribution in [0.4, 0.5) is 0 Å². The molecule has 0 aliphatic carbocycles. The van der Waals surface area contributed by atoms with E-state index in [9.17, 15) is 0 Å². The Balaban J connectivity index is 3.09. The van der Waals surface area contributed by atoms with Crippen molar-refractivity contribution in [2.45, 2.75) is 52.9 Å². The topological polar surface area (TPSA) is 9.23 Å². The maximum absolute atomic E-state index is 5.40. The minimum absolute atomic E-state index is 0.594. The van der Waals surface area contributed by atoms with E-state index in [0.717, 1.165) is 5.75 Å². The van der Waals surface area contributed by atoms with Gasteiger partial charge in [0.2, 0.25) is 0 Å². The second kappa shape index (κ2) is 5.93. The minimum atomic E-state index is 0.594. The molecular formula is C15H24O. The summed E-state index contributed by atoms with van der Waals surface area (Å²) in [7, 11) is 1.75. The van der Waals surface area contributed by atoms with Crippen LogP contribution in [0.1, 0.15) is 56.2 Å². The molecule has 0 aromatic heterocycles. The molecule has 90 valence electrons. The van der Waals surface area contributed by atoms with Crippen LogP contribution in [0.15, 0.2) is 12.1 Å². The number of hydrogen-bond donors (Lipinski definition) is 0. The van der Waals surface area contributed by atoms with E-state index < -0.39 is 0 Å². The number of ether oxygens (including phenoxy) is 1. The number of aryl methyl sites for hydroxylation is 2. The fourth-order valence-corrected chi connectivity index (χ4v) is 2.09. The van der Waals surface area contributed by atoms with Crippen LogP contribution in [0.5, 0.6) is 5.75 Å². The Bertz CT molecular complexity index is 340. The van der Waals surface area contributed by atoms with Gasteiger partial charge >= 0.3 is 0 Å². The van der Waals surface area contributed by atoms with Crippen LogP contribution < -0.4 is 4.74 Å². The molecule has 0 fully saturated rings. The van der Waals surface area contributed by atoms with Crippen LogP contribution >= 0.6 is 0 Å². The molecule has 0 atom stereocenters. The average molecular weight is 220 g/mol. The standard InChI is InChI=1S/C15H24O/c1-6-7-8-13-10-15(16-5)12(4)9-14(13)11(2)3/h9-11H,6-8H2,1-5H3. The predicted molar refractivity (Wildman–Crippen MR) is 70.4 cm³/mol. The van der Waals surface area contributed by atoms with Gasteiger partial charge in [-0.05, 0) is 48.4 Å². The molecule has 0 heterocycles. The molecule has 0 spiro atoms. The molecule has 1 heteroatoms. The number of unbranched alkanes of at least 4 members (excludes halogenated alkanes) is 1. The summed E-state index contributed by atoms with van der Waals surface area (Å²) in [5.74, 6) is 1.62. The van der Waals surface area contributed by atoms with E-state index in [4.69, 9.17) is 4.74 Å². The maximum Gasteiger partial charge on any atom is 0.122 e. The summed E-state index contributed by atoms with van der Waals surface area (Å²) in [4.78, 5) is 0. The fraction of sp³-hybridized carbons (Fsp3) is 0.600. The average Bonchev–Trinajstić information content (AvgIpc) is 2.26. The fourth-order valence-electron chi connectivity index (χ4n) is 2.09. The molecule has 0 aliphatic rings. The highest BCUT2D eigenvalue weighted by molar-refractivity contribution is 5.43. The van der Waals surface area contributed by atoms with Crippen LogP contribution in [0, 0.1) is 6.92 Å². The third kappa shape index (κ3) is 3.01. The smallest absolute Gasteiger partial charge is 0.122 e. The quantitative estimate of drug-likeness (QED) is 0.711. The van der Waals surface area contributed by atoms with Gasteiger partial charge in [0.25, 0.3) is 0 Å². The van der Waals surface area contributed by atoms with E-state index in [-0.39, 0.29) is 0 Å². The Kier molecular flexibility index (Phi) is 4.85. The summed E-state index contributed by atoms with van der Waals surface area (Å²) in [5, 5.41) is 0. The lowest BCUT2D eigenvalue weighted by molar-refractivity contribution is 0.410. The number of rotatable bonds is 5. The minimum Gasteiger partial charge on any atom is -0.496 e. The van der Waals surface area contributed by atoms with Gasteiger partial charge in [-0.1, -0.05) is 33.3 Å². The summed E-state index contributed by atoms with van der Waals surface area (Å²) >= 11 is 0. The molecule has 0 bridgehead atoms. The molecular weight excluding hydrogens is 196 g/mol. The van der Waals surface area contributed by atoms with Crippen molar-refractivity contribution in [3.8, 4) is 5.75 Å². The van der Waals surface area contributed by atoms with Crippen molar-refractivity contribution in [1.82, 2.24) is 0 Å². The van der Waals surface area contributed by atoms with Crippen LogP contribution in [-0.2, 0) is 6.42 Å². The van der Waals surface area contributed by atoms with Crippen LogP contribution in [0.2, 0.25) is 0 Å². The van der Waals surface area contributed by atoms with Gasteiger partial charge in [0.1, 0.15) is 5.75 Å². The lowest BCUT2D eigenvalue weighted by atomic mass is 9.92. The first kappa shape index (κ1) is 13.1. The normalized spacial score (nSPS) is 10.9. The molecule has 1 rings (SSSR count). The molecule has 0 unspecified atom stereocenters. The van der Waals surface area contributed by atoms with Gasteiger partial charge < -0.3 is 4.74 Å². The molecule has 16 heavy (non-hydrogen) atoms. The predicted octanol–water partition coefficient (Wildman–Crippen LogP) is 4.47. The first-order valence-corrected chi connectivity index (χ1v) is 6.27. The lowest BCUT2D eigenvalue weighted by Gasteiger charge is -2.16. The molecule has 1 nitrogen and oxygen atoms in total. The molecule has 0 radical (unpaired) electrons. The van der Waals surface area contributed by atoms with Crippen molar-refractivity contribution in [3.05, 3.63) is 28.8 Å². The lowest BCUT2D eigenvalue weighted by Crippen LogP contribution is -2.00. The summed E-state index contributed by atoms with van der Waals surface area (Å²) in [6, 6.07) is 4.51. The summed E-state index contributed by atoms with van der Waals surface area (Å²) in [6.45, 7) is 8.88. The number of hydrogen-bond acceptors (Lipinski definition) is 1. The third-order valence-corrected chi connectivity index (χ3v) is 3.08. The second-order valence-electron chi connectivity index (χ2n) is 4.78. The van der Waals surface area contributed by atoms with Crippen molar-refractivity contribution in [2.24, 2.45) is 0 Å². The van der Waals surface area contributed by atoms with E-state index in [1.54, 1.807) is 7.11 Å². The molecule has 0 N–H and O–H groups in total. The number of benzene rings is 1. The largest absolute Gasteiger partial charge is 0.496 e. The molecule has 0 saturated heterocycles. The number of methoxy groups -OCH3 is 1. The van der Waals surface area contributed by atoms with E-state index >= 15 is 0 Å². The molecule has 1 aromatic rings. The first-order chi connectivity index (χ1) is 7.60. The van der Waals surface area contributed by atoms with Gasteiger partial charge in [-0.25, -0.2) is 0 Å². The van der Waals surface area contributed by atoms with Crippen molar-refractivity contribution in [1.29, 1.82) is 0 Å². The van der Waals surface area contributed by atoms with E-state index in [2.05, 4.69) is 39.8 Å². The highest BCUT2D eigenvalue weighted by Crippen LogP contribution is 2.28. The van der Waals surface area contributed by atoms with E-state index in [1.807, 2.05) is 0 Å². The van der Waals surface area contributed by atoms with Gasteiger partial charge in [0.05, 0.1) is 7.11 Å². The van der Waals surface area contributed by atoms with Crippen LogP contribution in [0.25, 0.3) is 0 Å². The zero-order chi connectivity index (χ0) is 12.1.